The summed E-state index contributed by atoms with van der Waals surface area (Å²) in [7, 11) is -3.88. The second-order valence-corrected chi connectivity index (χ2v) is 13.3. The number of ketones is 2. The lowest BCUT2D eigenvalue weighted by atomic mass is 10.0. The molecule has 0 radical (unpaired) electrons. The molecule has 0 amide bonds. The topological polar surface area (TPSA) is 68.3 Å². The Hall–Kier alpha value is -3.13. The van der Waals surface area contributed by atoms with Crippen LogP contribution in [0, 0.1) is 6.92 Å². The number of hydrogen-bond donors (Lipinski definition) is 1. The first kappa shape index (κ1) is 26.9. The number of Topliss-reactive ketones (excluding diaryl/α,β-unsaturated/α-hetero) is 1. The summed E-state index contributed by atoms with van der Waals surface area (Å²) in [6.45, 7) is 4.77. The third-order valence-electron chi connectivity index (χ3n) is 6.15. The number of thiol groups is 1. The minimum atomic E-state index is -3.88. The van der Waals surface area contributed by atoms with Crippen LogP contribution in [-0.4, -0.2) is 24.7 Å². The van der Waals surface area contributed by atoms with Gasteiger partial charge in [0.25, 0.3) is 0 Å². The van der Waals surface area contributed by atoms with Crippen LogP contribution in [-0.2, 0) is 9.84 Å². The van der Waals surface area contributed by atoms with Gasteiger partial charge in [0.1, 0.15) is 4.75 Å². The molecule has 0 bridgehead atoms. The fraction of sp³-hybridized carbons (Fsp3) is 0.133. The monoisotopic (exact) mass is 546 g/mol. The van der Waals surface area contributed by atoms with Gasteiger partial charge in [0.2, 0.25) is 0 Å². The molecule has 0 saturated carbocycles. The van der Waals surface area contributed by atoms with Crippen LogP contribution in [0.25, 0.3) is 0 Å². The van der Waals surface area contributed by atoms with Gasteiger partial charge in [-0.2, -0.15) is 0 Å². The van der Waals surface area contributed by atoms with E-state index in [1.165, 1.54) is 37.7 Å². The summed E-state index contributed by atoms with van der Waals surface area (Å²) in [5, 5.41) is 0. The predicted octanol–water partition coefficient (Wildman–Crippen LogP) is 7.10. The molecule has 0 aliphatic rings. The summed E-state index contributed by atoms with van der Waals surface area (Å²) in [5.74, 6) is -0.519. The molecule has 4 aromatic carbocycles. The van der Waals surface area contributed by atoms with Gasteiger partial charge in [-0.05, 0) is 93.6 Å². The zero-order chi connectivity index (χ0) is 26.8. The Morgan fingerprint density at radius 1 is 0.676 bits per heavy atom. The third kappa shape index (κ3) is 5.74. The van der Waals surface area contributed by atoms with Crippen LogP contribution in [0.2, 0.25) is 0 Å². The molecule has 0 aliphatic heterocycles. The van der Waals surface area contributed by atoms with Gasteiger partial charge in [0.15, 0.2) is 21.4 Å². The van der Waals surface area contributed by atoms with Crippen molar-refractivity contribution in [2.24, 2.45) is 0 Å². The van der Waals surface area contributed by atoms with Crippen molar-refractivity contribution in [3.05, 3.63) is 119 Å². The van der Waals surface area contributed by atoms with Gasteiger partial charge < -0.3 is 0 Å². The molecule has 4 rings (SSSR count). The normalized spacial score (nSPS) is 11.8. The Morgan fingerprint density at radius 3 is 1.59 bits per heavy atom. The van der Waals surface area contributed by atoms with Crippen LogP contribution in [0.4, 0.5) is 0 Å². The van der Waals surface area contributed by atoms with Crippen molar-refractivity contribution < 1.29 is 18.0 Å². The Morgan fingerprint density at radius 2 is 1.11 bits per heavy atom. The highest BCUT2D eigenvalue weighted by atomic mass is 32.2. The number of rotatable bonds is 8. The molecule has 4 aromatic rings. The molecular formula is C30H26O4S3. The van der Waals surface area contributed by atoms with E-state index < -0.39 is 20.4 Å². The highest BCUT2D eigenvalue weighted by molar-refractivity contribution is 7.99. The fourth-order valence-electron chi connectivity index (χ4n) is 3.75. The minimum Gasteiger partial charge on any atom is -0.292 e. The van der Waals surface area contributed by atoms with Crippen LogP contribution < -0.4 is 0 Å². The zero-order valence-electron chi connectivity index (χ0n) is 20.6. The maximum Gasteiger partial charge on any atom is 0.193 e. The van der Waals surface area contributed by atoms with Crippen LogP contribution in [0.1, 0.15) is 45.7 Å². The first-order valence-corrected chi connectivity index (χ1v) is 14.3. The average Bonchev–Trinajstić information content (AvgIpc) is 2.89. The van der Waals surface area contributed by atoms with E-state index in [-0.39, 0.29) is 10.7 Å². The molecule has 0 fully saturated rings. The SMILES string of the molecule is Cc1ccc(S(=O)(=O)C(C)(C)C(=O)c2ccc(Sc3ccc(C(=O)c4ccc(S)cc4)cc3)cc2)cc1. The average molecular weight is 547 g/mol. The van der Waals surface area contributed by atoms with E-state index in [0.29, 0.717) is 16.7 Å². The van der Waals surface area contributed by atoms with Crippen LogP contribution >= 0.6 is 24.4 Å². The van der Waals surface area contributed by atoms with Crippen molar-refractivity contribution in [3.8, 4) is 0 Å². The van der Waals surface area contributed by atoms with Crippen molar-refractivity contribution in [1.82, 2.24) is 0 Å². The third-order valence-corrected chi connectivity index (χ3v) is 9.88. The Bertz CT molecular complexity index is 1540. The van der Waals surface area contributed by atoms with E-state index in [9.17, 15) is 18.0 Å². The maximum absolute atomic E-state index is 13.2. The largest absolute Gasteiger partial charge is 0.292 e. The molecule has 0 spiro atoms. The minimum absolute atomic E-state index is 0.0593. The number of carbonyl (C=O) groups is 2. The van der Waals surface area contributed by atoms with E-state index in [0.717, 1.165) is 20.2 Å². The molecular weight excluding hydrogens is 521 g/mol. The number of sulfone groups is 1. The van der Waals surface area contributed by atoms with Gasteiger partial charge >= 0.3 is 0 Å². The molecule has 4 nitrogen and oxygen atoms in total. The van der Waals surface area contributed by atoms with Gasteiger partial charge in [-0.3, -0.25) is 9.59 Å². The molecule has 0 N–H and O–H groups in total. The summed E-state index contributed by atoms with van der Waals surface area (Å²) in [6, 6.07) is 27.8. The van der Waals surface area contributed by atoms with E-state index in [1.54, 1.807) is 72.8 Å². The molecule has 0 heterocycles. The second-order valence-electron chi connectivity index (χ2n) is 9.18. The summed E-state index contributed by atoms with van der Waals surface area (Å²) >= 11 is 5.74. The number of benzene rings is 4. The molecule has 0 saturated heterocycles. The van der Waals surface area contributed by atoms with E-state index in [1.807, 2.05) is 19.1 Å². The Labute approximate surface area is 227 Å². The highest BCUT2D eigenvalue weighted by Crippen LogP contribution is 2.32. The van der Waals surface area contributed by atoms with Gasteiger partial charge in [0.05, 0.1) is 4.90 Å². The van der Waals surface area contributed by atoms with Gasteiger partial charge in [-0.1, -0.05) is 41.6 Å². The highest BCUT2D eigenvalue weighted by Gasteiger charge is 2.43. The van der Waals surface area contributed by atoms with Gasteiger partial charge in [0, 0.05) is 31.4 Å². The molecule has 0 aliphatic carbocycles. The smallest absolute Gasteiger partial charge is 0.193 e. The zero-order valence-corrected chi connectivity index (χ0v) is 23.2. The Kier molecular flexibility index (Phi) is 7.78. The molecule has 0 aromatic heterocycles. The molecule has 7 heteroatoms. The van der Waals surface area contributed by atoms with Crippen LogP contribution in [0.15, 0.2) is 117 Å². The lowest BCUT2D eigenvalue weighted by Gasteiger charge is -2.23. The predicted molar refractivity (Wildman–Crippen MR) is 151 cm³/mol. The number of aryl methyl sites for hydroxylation is 1. The fourth-order valence-corrected chi connectivity index (χ4v) is 6.16. The van der Waals surface area contributed by atoms with Crippen LogP contribution in [0.5, 0.6) is 0 Å². The molecule has 188 valence electrons. The standard InChI is InChI=1S/C30H26O4S3/c1-20-4-18-27(19-5-20)37(33,34)30(2,3)29(32)23-10-16-26(17-11-23)36-25-14-8-22(9-15-25)28(31)21-6-12-24(35)13-7-21/h4-19,35H,1-3H3. The summed E-state index contributed by atoms with van der Waals surface area (Å²) < 4.78 is 24.8. The summed E-state index contributed by atoms with van der Waals surface area (Å²) in [4.78, 5) is 28.7. The van der Waals surface area contributed by atoms with E-state index >= 15 is 0 Å². The van der Waals surface area contributed by atoms with Crippen molar-refractivity contribution in [2.45, 2.75) is 45.1 Å². The maximum atomic E-state index is 13.2. The van der Waals surface area contributed by atoms with Crippen molar-refractivity contribution in [2.75, 3.05) is 0 Å². The summed E-state index contributed by atoms with van der Waals surface area (Å²) in [5.41, 5.74) is 2.47. The second kappa shape index (κ2) is 10.7. The summed E-state index contributed by atoms with van der Waals surface area (Å²) in [6.07, 6.45) is 0. The van der Waals surface area contributed by atoms with E-state index in [4.69, 9.17) is 0 Å². The number of hydrogen-bond acceptors (Lipinski definition) is 6. The first-order chi connectivity index (χ1) is 17.5. The van der Waals surface area contributed by atoms with Crippen LogP contribution in [0.3, 0.4) is 0 Å². The molecule has 0 atom stereocenters. The lowest BCUT2D eigenvalue weighted by Crippen LogP contribution is -2.40. The van der Waals surface area contributed by atoms with Crippen molar-refractivity contribution >= 4 is 45.8 Å². The first-order valence-electron chi connectivity index (χ1n) is 11.6. The van der Waals surface area contributed by atoms with Crippen molar-refractivity contribution in [1.29, 1.82) is 0 Å². The molecule has 0 unspecified atom stereocenters. The molecule has 37 heavy (non-hydrogen) atoms. The van der Waals surface area contributed by atoms with Gasteiger partial charge in [-0.25, -0.2) is 8.42 Å². The van der Waals surface area contributed by atoms with Gasteiger partial charge in [-0.15, -0.1) is 12.6 Å². The lowest BCUT2D eigenvalue weighted by molar-refractivity contribution is 0.0953. The van der Waals surface area contributed by atoms with E-state index in [2.05, 4.69) is 12.6 Å². The quantitative estimate of drug-likeness (QED) is 0.189. The number of carbonyl (C=O) groups excluding carboxylic acids is 2. The Balaban J connectivity index is 1.46. The van der Waals surface area contributed by atoms with Crippen molar-refractivity contribution in [3.63, 3.8) is 0 Å².